The summed E-state index contributed by atoms with van der Waals surface area (Å²) in [6.45, 7) is 5.67. The van der Waals surface area contributed by atoms with Gasteiger partial charge in [-0.25, -0.2) is 4.79 Å². The number of aryl methyl sites for hydroxylation is 1. The van der Waals surface area contributed by atoms with E-state index in [1.807, 2.05) is 20.8 Å². The van der Waals surface area contributed by atoms with Gasteiger partial charge in [0, 0.05) is 11.7 Å². The standard InChI is InChI=1S/C14H20N2O3/c1-9(2)16-13(17)6-7-19-14(18)11-5-4-10(3)12(15)8-11/h4-5,8-9H,6-7,15H2,1-3H3,(H,16,17). The van der Waals surface area contributed by atoms with Gasteiger partial charge in [-0.2, -0.15) is 0 Å². The van der Waals surface area contributed by atoms with Gasteiger partial charge >= 0.3 is 5.97 Å². The molecular weight excluding hydrogens is 244 g/mol. The molecule has 0 heterocycles. The summed E-state index contributed by atoms with van der Waals surface area (Å²) in [7, 11) is 0. The molecule has 0 aliphatic heterocycles. The molecule has 1 aromatic carbocycles. The van der Waals surface area contributed by atoms with Crippen LogP contribution in [0, 0.1) is 6.92 Å². The number of anilines is 1. The fourth-order valence-corrected chi connectivity index (χ4v) is 1.48. The first kappa shape index (κ1) is 15.0. The number of nitrogens with one attached hydrogen (secondary N) is 1. The van der Waals surface area contributed by atoms with Crippen molar-refractivity contribution in [3.63, 3.8) is 0 Å². The molecule has 0 aromatic heterocycles. The average molecular weight is 264 g/mol. The predicted molar refractivity (Wildman–Crippen MR) is 73.8 cm³/mol. The van der Waals surface area contributed by atoms with Gasteiger partial charge < -0.3 is 15.8 Å². The smallest absolute Gasteiger partial charge is 0.338 e. The van der Waals surface area contributed by atoms with E-state index in [9.17, 15) is 9.59 Å². The fraction of sp³-hybridized carbons (Fsp3) is 0.429. The number of carbonyl (C=O) groups is 2. The molecule has 0 fully saturated rings. The SMILES string of the molecule is Cc1ccc(C(=O)OCCC(=O)NC(C)C)cc1N. The topological polar surface area (TPSA) is 81.4 Å². The zero-order valence-electron chi connectivity index (χ0n) is 11.5. The number of benzene rings is 1. The van der Waals surface area contributed by atoms with E-state index < -0.39 is 5.97 Å². The molecule has 1 rings (SSSR count). The lowest BCUT2D eigenvalue weighted by molar-refractivity contribution is -0.122. The third-order valence-electron chi connectivity index (χ3n) is 2.53. The van der Waals surface area contributed by atoms with Crippen molar-refractivity contribution < 1.29 is 14.3 Å². The highest BCUT2D eigenvalue weighted by Gasteiger charge is 2.10. The van der Waals surface area contributed by atoms with Crippen molar-refractivity contribution in [3.8, 4) is 0 Å². The van der Waals surface area contributed by atoms with E-state index in [1.165, 1.54) is 0 Å². The van der Waals surface area contributed by atoms with Crippen LogP contribution in [0.4, 0.5) is 5.69 Å². The summed E-state index contributed by atoms with van der Waals surface area (Å²) in [6, 6.07) is 5.07. The Morgan fingerprint density at radius 2 is 2.05 bits per heavy atom. The minimum absolute atomic E-state index is 0.0607. The summed E-state index contributed by atoms with van der Waals surface area (Å²) in [5.41, 5.74) is 7.57. The maximum atomic E-state index is 11.7. The Morgan fingerprint density at radius 1 is 1.37 bits per heavy atom. The molecule has 0 aliphatic rings. The van der Waals surface area contributed by atoms with Crippen LogP contribution in [-0.2, 0) is 9.53 Å². The first-order chi connectivity index (χ1) is 8.90. The minimum atomic E-state index is -0.468. The van der Waals surface area contributed by atoms with E-state index in [0.717, 1.165) is 5.56 Å². The highest BCUT2D eigenvalue weighted by molar-refractivity contribution is 5.90. The molecule has 0 atom stereocenters. The van der Waals surface area contributed by atoms with E-state index in [0.29, 0.717) is 11.3 Å². The van der Waals surface area contributed by atoms with Crippen LogP contribution in [0.15, 0.2) is 18.2 Å². The van der Waals surface area contributed by atoms with Gasteiger partial charge in [0.25, 0.3) is 0 Å². The Bertz CT molecular complexity index is 470. The number of rotatable bonds is 5. The number of amides is 1. The molecule has 0 spiro atoms. The maximum absolute atomic E-state index is 11.7. The molecule has 0 saturated carbocycles. The van der Waals surface area contributed by atoms with E-state index in [-0.39, 0.29) is 25.0 Å². The summed E-state index contributed by atoms with van der Waals surface area (Å²) in [4.78, 5) is 23.1. The lowest BCUT2D eigenvalue weighted by Crippen LogP contribution is -2.31. The van der Waals surface area contributed by atoms with E-state index in [1.54, 1.807) is 18.2 Å². The largest absolute Gasteiger partial charge is 0.462 e. The van der Waals surface area contributed by atoms with Crippen LogP contribution in [0.3, 0.4) is 0 Å². The molecule has 1 aromatic rings. The van der Waals surface area contributed by atoms with E-state index in [4.69, 9.17) is 10.5 Å². The third kappa shape index (κ3) is 4.99. The second kappa shape index (κ2) is 6.78. The zero-order valence-corrected chi connectivity index (χ0v) is 11.5. The van der Waals surface area contributed by atoms with E-state index in [2.05, 4.69) is 5.32 Å². The molecule has 5 heteroatoms. The van der Waals surface area contributed by atoms with Gasteiger partial charge in [0.2, 0.25) is 5.91 Å². The lowest BCUT2D eigenvalue weighted by Gasteiger charge is -2.09. The van der Waals surface area contributed by atoms with Crippen molar-refractivity contribution in [1.29, 1.82) is 0 Å². The second-order valence-electron chi connectivity index (χ2n) is 4.68. The molecule has 0 unspecified atom stereocenters. The Hall–Kier alpha value is -2.04. The zero-order chi connectivity index (χ0) is 14.4. The predicted octanol–water partition coefficient (Wildman–Crippen LogP) is 1.65. The van der Waals surface area contributed by atoms with Crippen LogP contribution in [0.5, 0.6) is 0 Å². The molecule has 0 saturated heterocycles. The van der Waals surface area contributed by atoms with Crippen LogP contribution in [0.25, 0.3) is 0 Å². The molecular formula is C14H20N2O3. The van der Waals surface area contributed by atoms with Crippen LogP contribution in [-0.4, -0.2) is 24.5 Å². The molecule has 0 bridgehead atoms. The third-order valence-corrected chi connectivity index (χ3v) is 2.53. The van der Waals surface area contributed by atoms with Gasteiger partial charge in [0.05, 0.1) is 12.0 Å². The van der Waals surface area contributed by atoms with Crippen LogP contribution >= 0.6 is 0 Å². The summed E-state index contributed by atoms with van der Waals surface area (Å²) in [5.74, 6) is -0.602. The molecule has 19 heavy (non-hydrogen) atoms. The number of nitrogen functional groups attached to an aromatic ring is 1. The summed E-state index contributed by atoms with van der Waals surface area (Å²) in [5, 5.41) is 2.72. The Morgan fingerprint density at radius 3 is 2.63 bits per heavy atom. The first-order valence-corrected chi connectivity index (χ1v) is 6.22. The van der Waals surface area contributed by atoms with Gasteiger partial charge in [-0.05, 0) is 38.5 Å². The summed E-state index contributed by atoms with van der Waals surface area (Å²) in [6.07, 6.45) is 0.158. The van der Waals surface area contributed by atoms with E-state index >= 15 is 0 Å². The number of esters is 1. The second-order valence-corrected chi connectivity index (χ2v) is 4.68. The van der Waals surface area contributed by atoms with Gasteiger partial charge in [0.1, 0.15) is 6.61 Å². The molecule has 5 nitrogen and oxygen atoms in total. The van der Waals surface area contributed by atoms with Crippen molar-refractivity contribution in [2.45, 2.75) is 33.2 Å². The highest BCUT2D eigenvalue weighted by atomic mass is 16.5. The van der Waals surface area contributed by atoms with Gasteiger partial charge in [-0.1, -0.05) is 6.07 Å². The van der Waals surface area contributed by atoms with Crippen molar-refractivity contribution in [1.82, 2.24) is 5.32 Å². The summed E-state index contributed by atoms with van der Waals surface area (Å²) < 4.78 is 5.02. The van der Waals surface area contributed by atoms with Gasteiger partial charge in [-0.3, -0.25) is 4.79 Å². The van der Waals surface area contributed by atoms with Crippen LogP contribution < -0.4 is 11.1 Å². The highest BCUT2D eigenvalue weighted by Crippen LogP contribution is 2.13. The number of nitrogens with two attached hydrogens (primary N) is 1. The van der Waals surface area contributed by atoms with Gasteiger partial charge in [-0.15, -0.1) is 0 Å². The number of ether oxygens (including phenoxy) is 1. The van der Waals surface area contributed by atoms with Crippen molar-refractivity contribution >= 4 is 17.6 Å². The Balaban J connectivity index is 2.43. The summed E-state index contributed by atoms with van der Waals surface area (Å²) >= 11 is 0. The van der Waals surface area contributed by atoms with Gasteiger partial charge in [0.15, 0.2) is 0 Å². The van der Waals surface area contributed by atoms with Crippen molar-refractivity contribution in [3.05, 3.63) is 29.3 Å². The normalized spacial score (nSPS) is 10.3. The fourth-order valence-electron chi connectivity index (χ4n) is 1.48. The Labute approximate surface area is 113 Å². The molecule has 3 N–H and O–H groups in total. The number of hydrogen-bond donors (Lipinski definition) is 2. The van der Waals surface area contributed by atoms with Crippen molar-refractivity contribution in [2.24, 2.45) is 0 Å². The monoisotopic (exact) mass is 264 g/mol. The minimum Gasteiger partial charge on any atom is -0.462 e. The molecule has 1 amide bonds. The quantitative estimate of drug-likeness (QED) is 0.626. The van der Waals surface area contributed by atoms with Crippen molar-refractivity contribution in [2.75, 3.05) is 12.3 Å². The average Bonchev–Trinajstić information content (AvgIpc) is 2.31. The van der Waals surface area contributed by atoms with Crippen LogP contribution in [0.1, 0.15) is 36.2 Å². The Kier molecular flexibility index (Phi) is 5.36. The maximum Gasteiger partial charge on any atom is 0.338 e. The first-order valence-electron chi connectivity index (χ1n) is 6.22. The number of hydrogen-bond acceptors (Lipinski definition) is 4. The number of carbonyl (C=O) groups excluding carboxylic acids is 2. The molecule has 0 radical (unpaired) electrons. The van der Waals surface area contributed by atoms with Crippen LogP contribution in [0.2, 0.25) is 0 Å². The molecule has 104 valence electrons. The molecule has 0 aliphatic carbocycles. The lowest BCUT2D eigenvalue weighted by atomic mass is 10.1.